The van der Waals surface area contributed by atoms with E-state index in [9.17, 15) is 18.4 Å². The predicted molar refractivity (Wildman–Crippen MR) is 126 cm³/mol. The van der Waals surface area contributed by atoms with Crippen LogP contribution in [0.5, 0.6) is 0 Å². The lowest BCUT2D eigenvalue weighted by Gasteiger charge is -2.20. The molecule has 0 aliphatic heterocycles. The molecule has 1 saturated carbocycles. The highest BCUT2D eigenvalue weighted by Crippen LogP contribution is 2.40. The van der Waals surface area contributed by atoms with Crippen molar-refractivity contribution in [2.45, 2.75) is 37.4 Å². The van der Waals surface area contributed by atoms with Gasteiger partial charge in [-0.25, -0.2) is 8.78 Å². The highest BCUT2D eigenvalue weighted by Gasteiger charge is 2.30. The number of amides is 2. The van der Waals surface area contributed by atoms with E-state index in [1.807, 2.05) is 30.3 Å². The van der Waals surface area contributed by atoms with Crippen molar-refractivity contribution < 1.29 is 18.4 Å². The molecule has 1 fully saturated rings. The number of benzene rings is 2. The zero-order valence-corrected chi connectivity index (χ0v) is 19.5. The van der Waals surface area contributed by atoms with Crippen LogP contribution < -0.4 is 5.32 Å². The molecule has 1 heterocycles. The number of likely N-dealkylation sites (N-methyl/N-ethyl adjacent to an activating group) is 1. The highest BCUT2D eigenvalue weighted by molar-refractivity contribution is 7.99. The Morgan fingerprint density at radius 2 is 1.79 bits per heavy atom. The molecule has 10 heteroatoms. The van der Waals surface area contributed by atoms with Crippen molar-refractivity contribution in [3.05, 3.63) is 71.6 Å². The summed E-state index contributed by atoms with van der Waals surface area (Å²) in [7, 11) is 0. The van der Waals surface area contributed by atoms with Gasteiger partial charge in [-0.15, -0.1) is 10.2 Å². The van der Waals surface area contributed by atoms with Gasteiger partial charge in [0.15, 0.2) is 5.16 Å². The maximum absolute atomic E-state index is 13.8. The van der Waals surface area contributed by atoms with Crippen LogP contribution >= 0.6 is 11.8 Å². The molecule has 1 aliphatic rings. The number of hydrogen-bond acceptors (Lipinski definition) is 5. The van der Waals surface area contributed by atoms with Gasteiger partial charge in [0.2, 0.25) is 11.8 Å². The smallest absolute Gasteiger partial charge is 0.244 e. The fraction of sp³-hybridized carbons (Fsp3) is 0.333. The lowest BCUT2D eigenvalue weighted by atomic mass is 10.2. The zero-order valence-electron chi connectivity index (χ0n) is 18.7. The van der Waals surface area contributed by atoms with Crippen LogP contribution in [-0.4, -0.2) is 50.3 Å². The SMILES string of the molecule is CCN(CC(=O)Nc1c(F)cccc1F)C(=O)CSc1nnc(C2CC2)n1Cc1ccccc1. The van der Waals surface area contributed by atoms with Crippen molar-refractivity contribution >= 4 is 29.3 Å². The van der Waals surface area contributed by atoms with Crippen LogP contribution in [0, 0.1) is 11.6 Å². The number of carbonyl (C=O) groups is 2. The number of halogens is 2. The van der Waals surface area contributed by atoms with Gasteiger partial charge in [0.1, 0.15) is 23.1 Å². The average Bonchev–Trinajstić information content (AvgIpc) is 3.60. The summed E-state index contributed by atoms with van der Waals surface area (Å²) in [6.45, 7) is 2.32. The summed E-state index contributed by atoms with van der Waals surface area (Å²) in [6, 6.07) is 13.3. The maximum atomic E-state index is 13.8. The van der Waals surface area contributed by atoms with Crippen molar-refractivity contribution in [3.63, 3.8) is 0 Å². The Labute approximate surface area is 200 Å². The van der Waals surface area contributed by atoms with E-state index in [0.29, 0.717) is 17.6 Å². The molecule has 0 bridgehead atoms. The molecule has 0 spiro atoms. The summed E-state index contributed by atoms with van der Waals surface area (Å²) in [4.78, 5) is 26.5. The molecule has 0 atom stereocenters. The van der Waals surface area contributed by atoms with Crippen molar-refractivity contribution in [2.24, 2.45) is 0 Å². The topological polar surface area (TPSA) is 80.1 Å². The van der Waals surface area contributed by atoms with Crippen molar-refractivity contribution in [3.8, 4) is 0 Å². The zero-order chi connectivity index (χ0) is 24.1. The Morgan fingerprint density at radius 3 is 2.44 bits per heavy atom. The molecule has 2 amide bonds. The summed E-state index contributed by atoms with van der Waals surface area (Å²) in [6.07, 6.45) is 2.16. The third-order valence-corrected chi connectivity index (χ3v) is 6.44. The van der Waals surface area contributed by atoms with E-state index in [0.717, 1.165) is 36.4 Å². The Hall–Kier alpha value is -3.27. The second-order valence-electron chi connectivity index (χ2n) is 8.03. The molecule has 34 heavy (non-hydrogen) atoms. The summed E-state index contributed by atoms with van der Waals surface area (Å²) in [5.74, 6) is -1.31. The Balaban J connectivity index is 1.39. The second kappa shape index (κ2) is 10.8. The van der Waals surface area contributed by atoms with Crippen LogP contribution in [0.4, 0.5) is 14.5 Å². The second-order valence-corrected chi connectivity index (χ2v) is 8.97. The van der Waals surface area contributed by atoms with Gasteiger partial charge in [-0.3, -0.25) is 9.59 Å². The largest absolute Gasteiger partial charge is 0.333 e. The molecule has 1 aromatic heterocycles. The third-order valence-electron chi connectivity index (χ3n) is 5.49. The van der Waals surface area contributed by atoms with E-state index in [1.165, 1.54) is 22.7 Å². The number of thioether (sulfide) groups is 1. The molecule has 2 aromatic carbocycles. The number of hydrogen-bond donors (Lipinski definition) is 1. The van der Waals surface area contributed by atoms with Gasteiger partial charge < -0.3 is 14.8 Å². The quantitative estimate of drug-likeness (QED) is 0.438. The first-order valence-corrected chi connectivity index (χ1v) is 12.1. The van der Waals surface area contributed by atoms with E-state index < -0.39 is 23.2 Å². The number of carbonyl (C=O) groups excluding carboxylic acids is 2. The molecule has 178 valence electrons. The monoisotopic (exact) mass is 485 g/mol. The first-order chi connectivity index (χ1) is 16.5. The van der Waals surface area contributed by atoms with Crippen molar-refractivity contribution in [1.29, 1.82) is 0 Å². The van der Waals surface area contributed by atoms with E-state index in [-0.39, 0.29) is 24.7 Å². The number of anilines is 1. The standard InChI is InChI=1S/C24H25F2N5O2S/c1-2-30(14-20(32)27-22-18(25)9-6-10-19(22)26)21(33)15-34-24-29-28-23(17-11-12-17)31(24)13-16-7-4-3-5-8-16/h3-10,17H,2,11-15H2,1H3,(H,27,32). The summed E-state index contributed by atoms with van der Waals surface area (Å²) < 4.78 is 29.7. The Morgan fingerprint density at radius 1 is 1.09 bits per heavy atom. The first-order valence-electron chi connectivity index (χ1n) is 11.1. The predicted octanol–water partition coefficient (Wildman–Crippen LogP) is 4.06. The lowest BCUT2D eigenvalue weighted by Crippen LogP contribution is -2.39. The Bertz CT molecular complexity index is 1150. The van der Waals surface area contributed by atoms with E-state index >= 15 is 0 Å². The van der Waals surface area contributed by atoms with Gasteiger partial charge in [-0.05, 0) is 37.5 Å². The number of aromatic nitrogens is 3. The molecule has 4 rings (SSSR count). The molecular formula is C24H25F2N5O2S. The van der Waals surface area contributed by atoms with Crippen LogP contribution in [0.15, 0.2) is 53.7 Å². The molecular weight excluding hydrogens is 460 g/mol. The van der Waals surface area contributed by atoms with Gasteiger partial charge in [-0.2, -0.15) is 0 Å². The minimum Gasteiger partial charge on any atom is -0.333 e. The van der Waals surface area contributed by atoms with E-state index in [4.69, 9.17) is 0 Å². The molecule has 0 saturated heterocycles. The fourth-order valence-corrected chi connectivity index (χ4v) is 4.38. The normalized spacial score (nSPS) is 13.0. The van der Waals surface area contributed by atoms with Crippen molar-refractivity contribution in [2.75, 3.05) is 24.2 Å². The molecule has 0 radical (unpaired) electrons. The van der Waals surface area contributed by atoms with E-state index in [2.05, 4.69) is 20.1 Å². The summed E-state index contributed by atoms with van der Waals surface area (Å²) in [5.41, 5.74) is 0.594. The average molecular weight is 486 g/mol. The third kappa shape index (κ3) is 5.80. The van der Waals surface area contributed by atoms with Crippen molar-refractivity contribution in [1.82, 2.24) is 19.7 Å². The highest BCUT2D eigenvalue weighted by atomic mass is 32.2. The number of para-hydroxylation sites is 1. The van der Waals surface area contributed by atoms with Gasteiger partial charge in [-0.1, -0.05) is 48.2 Å². The fourth-order valence-electron chi connectivity index (χ4n) is 3.53. The molecule has 1 N–H and O–H groups in total. The van der Waals surface area contributed by atoms with Gasteiger partial charge >= 0.3 is 0 Å². The maximum Gasteiger partial charge on any atom is 0.244 e. The minimum absolute atomic E-state index is 0.0623. The van der Waals surface area contributed by atoms with Gasteiger partial charge in [0.25, 0.3) is 0 Å². The van der Waals surface area contributed by atoms with Crippen LogP contribution in [0.3, 0.4) is 0 Å². The number of rotatable bonds is 10. The van der Waals surface area contributed by atoms with Crippen LogP contribution in [0.2, 0.25) is 0 Å². The number of nitrogens with one attached hydrogen (secondary N) is 1. The summed E-state index contributed by atoms with van der Waals surface area (Å²) >= 11 is 1.27. The molecule has 7 nitrogen and oxygen atoms in total. The Kier molecular flexibility index (Phi) is 7.56. The van der Waals surface area contributed by atoms with Gasteiger partial charge in [0.05, 0.1) is 18.8 Å². The number of nitrogens with zero attached hydrogens (tertiary/aromatic N) is 4. The van der Waals surface area contributed by atoms with E-state index in [1.54, 1.807) is 6.92 Å². The molecule has 0 unspecified atom stereocenters. The van der Waals surface area contributed by atoms with Gasteiger partial charge in [0, 0.05) is 12.5 Å². The molecule has 1 aliphatic carbocycles. The van der Waals surface area contributed by atoms with Crippen LogP contribution in [0.25, 0.3) is 0 Å². The van der Waals surface area contributed by atoms with Crippen LogP contribution in [0.1, 0.15) is 37.1 Å². The lowest BCUT2D eigenvalue weighted by molar-refractivity contribution is -0.132. The minimum atomic E-state index is -0.873. The van der Waals surface area contributed by atoms with Crippen LogP contribution in [-0.2, 0) is 16.1 Å². The summed E-state index contributed by atoms with van der Waals surface area (Å²) in [5, 5.41) is 11.5. The first kappa shape index (κ1) is 23.9. The molecule has 3 aromatic rings.